The Bertz CT molecular complexity index is 10500. The third-order valence-electron chi connectivity index (χ3n) is 33.7. The van der Waals surface area contributed by atoms with Crippen LogP contribution in [0.15, 0.2) is 510 Å². The van der Waals surface area contributed by atoms with E-state index in [9.17, 15) is 0 Å². The van der Waals surface area contributed by atoms with Crippen LogP contribution in [0.25, 0.3) is 215 Å². The Kier molecular flexibility index (Phi) is 16.9. The Morgan fingerprint density at radius 3 is 0.567 bits per heavy atom. The molecule has 0 amide bonds. The Morgan fingerprint density at radius 2 is 0.320 bits per heavy atom. The maximum Gasteiger partial charge on any atom is 0.252 e. The predicted octanol–water partition coefficient (Wildman–Crippen LogP) is 28.4. The minimum atomic E-state index is 0.127. The molecule has 0 aliphatic carbocycles. The number of hydrogen-bond acceptors (Lipinski definition) is 2. The normalized spacial score (nSPS) is 12.8. The molecule has 690 valence electrons. The summed E-state index contributed by atoms with van der Waals surface area (Å²) in [5, 5.41) is 18.2. The summed E-state index contributed by atoms with van der Waals surface area (Å²) in [6.45, 7) is 0.396. The summed E-state index contributed by atoms with van der Waals surface area (Å²) in [5.41, 5.74) is 50.7. The fourth-order valence-corrected chi connectivity index (χ4v) is 27.9. The first-order valence-corrected chi connectivity index (χ1v) is 52.2. The number of benzene rings is 23. The minimum absolute atomic E-state index is 0.127. The molecule has 23 aromatic carbocycles. The topological polar surface area (TPSA) is 41.0 Å². The monoisotopic (exact) mass is 1900 g/mol. The first-order chi connectivity index (χ1) is 74.5. The van der Waals surface area contributed by atoms with Crippen LogP contribution in [0.5, 0.6) is 0 Å². The molecule has 9 nitrogen and oxygen atoms in total. The number of rotatable bonds is 9. The summed E-state index contributed by atoms with van der Waals surface area (Å²) in [7, 11) is 0. The lowest BCUT2D eigenvalue weighted by atomic mass is 9.34. The molecular formula is C138H84B3N9. The van der Waals surface area contributed by atoms with E-state index < -0.39 is 0 Å². The maximum atomic E-state index is 2.56. The van der Waals surface area contributed by atoms with Gasteiger partial charge >= 0.3 is 0 Å². The van der Waals surface area contributed by atoms with Gasteiger partial charge in [0, 0.05) is 177 Å². The molecule has 0 saturated heterocycles. The van der Waals surface area contributed by atoms with Crippen LogP contribution >= 0.6 is 0 Å². The highest BCUT2D eigenvalue weighted by Crippen LogP contribution is 2.50. The van der Waals surface area contributed by atoms with E-state index in [4.69, 9.17) is 0 Å². The highest BCUT2D eigenvalue weighted by atomic mass is 15.2. The molecule has 0 N–H and O–H groups in total. The predicted molar refractivity (Wildman–Crippen MR) is 634 cm³/mol. The molecular weight excluding hydrogens is 1820 g/mol. The number of fused-ring (bicyclic) bond motifs is 33. The third kappa shape index (κ3) is 11.2. The van der Waals surface area contributed by atoms with Gasteiger partial charge in [0.05, 0.1) is 49.8 Å². The first kappa shape index (κ1) is 81.8. The number of nitrogens with zero attached hydrogens (tertiary/aromatic N) is 9. The standard InChI is InChI=1S/C48H28BN3.C48H30BN3.C42H26BN3/c1-5-19-40-32(11-1)33-12-2-6-20-41(33)50(40)31-25-23-29(24-26-31)30-27-44-46-45(28-30)52-43-22-8-4-14-35(43)37-16-10-18-39(48(37)52)49(46)38-17-9-15-36-34-13-3-7-21-42(34)51(44)47(36)38;1-3-13-33(14-4-1)50(34-15-5-2-6-16-34)35-27-25-31(26-28-35)32-29-44-46-45(30-32)52-43-24-10-8-18-37(43)39-20-12-22-41(48(39)52)49(46)40-21-11-19-38-36-17-7-9-23-42(36)51(44)47(38)40;1-3-13-27(14-4-1)44(28-15-5-2-6-16-28)29-25-38-40-39(26-29)46-37-24-10-8-18-31(37)33-20-12-22-35(42(33)46)43(40)34-21-11-19-32-30-17-7-9-23-36(30)45(38)41(32)34/h1-28H;1-30H;1-26H. The van der Waals surface area contributed by atoms with Crippen LogP contribution in [0.4, 0.5) is 34.1 Å². The summed E-state index contributed by atoms with van der Waals surface area (Å²) in [5.74, 6) is 0. The summed E-state index contributed by atoms with van der Waals surface area (Å²) in [6.07, 6.45) is 0. The molecule has 6 aliphatic heterocycles. The zero-order valence-electron chi connectivity index (χ0n) is 81.3. The van der Waals surface area contributed by atoms with Crippen molar-refractivity contribution in [2.45, 2.75) is 0 Å². The van der Waals surface area contributed by atoms with E-state index in [2.05, 4.69) is 551 Å². The molecule has 0 saturated carbocycles. The van der Waals surface area contributed by atoms with E-state index in [-0.39, 0.29) is 20.1 Å². The quantitative estimate of drug-likeness (QED) is 0.135. The Labute approximate surface area is 863 Å². The van der Waals surface area contributed by atoms with Gasteiger partial charge in [-0.1, -0.05) is 352 Å². The van der Waals surface area contributed by atoms with E-state index in [0.29, 0.717) is 0 Å². The second-order valence-electron chi connectivity index (χ2n) is 41.1. The van der Waals surface area contributed by atoms with Gasteiger partial charge in [0.25, 0.3) is 20.1 Å². The molecule has 0 atom stereocenters. The van der Waals surface area contributed by atoms with Crippen molar-refractivity contribution in [1.29, 1.82) is 0 Å². The smallest absolute Gasteiger partial charge is 0.252 e. The van der Waals surface area contributed by atoms with E-state index in [1.165, 1.54) is 264 Å². The van der Waals surface area contributed by atoms with E-state index >= 15 is 0 Å². The van der Waals surface area contributed by atoms with E-state index in [1.807, 2.05) is 0 Å². The van der Waals surface area contributed by atoms with Gasteiger partial charge in [-0.3, -0.25) is 0 Å². The Morgan fingerprint density at radius 1 is 0.133 bits per heavy atom. The van der Waals surface area contributed by atoms with Crippen LogP contribution in [-0.2, 0) is 0 Å². The van der Waals surface area contributed by atoms with Gasteiger partial charge in [-0.15, -0.1) is 0 Å². The second kappa shape index (κ2) is 31.0. The SMILES string of the molecule is c1ccc(N(c2ccccc2)c2cc3c4c(c2)-n2c5ccccc5c5cccc(c52)B4c2cccc4c5ccccc5n-3c24)cc1.c1ccc(N(c2ccccc2)c2ccc(-c3cc4c5c(c3)-n3c6ccccc6c6cccc(c63)B5c3cccc5c6ccccc6n-4c35)cc2)cc1.c1ccc2c(c1)c1ccccc1n2-c1ccc(-c2cc3c4c(c2)-n2c5ccccc5c5cccc(c52)B4c2cccc4c5ccccc5n-3c24)cc1. The third-order valence-corrected chi connectivity index (χ3v) is 33.7. The van der Waals surface area contributed by atoms with Crippen molar-refractivity contribution in [1.82, 2.24) is 32.0 Å². The van der Waals surface area contributed by atoms with Crippen molar-refractivity contribution in [2.75, 3.05) is 9.80 Å². The Hall–Kier alpha value is -19.5. The van der Waals surface area contributed by atoms with Gasteiger partial charge in [-0.05, 0) is 229 Å². The lowest BCUT2D eigenvalue weighted by molar-refractivity contribution is 1.13. The largest absolute Gasteiger partial charge is 0.311 e. The maximum absolute atomic E-state index is 2.56. The van der Waals surface area contributed by atoms with Crippen LogP contribution in [0.3, 0.4) is 0 Å². The average molecular weight is 1900 g/mol. The highest BCUT2D eigenvalue weighted by Gasteiger charge is 2.46. The molecule has 13 heterocycles. The van der Waals surface area contributed by atoms with Crippen molar-refractivity contribution in [3.8, 4) is 62.1 Å². The van der Waals surface area contributed by atoms with Crippen molar-refractivity contribution in [2.24, 2.45) is 0 Å². The number of para-hydroxylation sites is 18. The molecule has 0 fully saturated rings. The molecule has 0 spiro atoms. The highest BCUT2D eigenvalue weighted by molar-refractivity contribution is 7.02. The molecule has 12 heteroatoms. The van der Waals surface area contributed by atoms with Gasteiger partial charge in [0.15, 0.2) is 0 Å². The van der Waals surface area contributed by atoms with Crippen LogP contribution in [0.2, 0.25) is 0 Å². The summed E-state index contributed by atoms with van der Waals surface area (Å²) < 4.78 is 17.7. The van der Waals surface area contributed by atoms with Crippen LogP contribution in [0.1, 0.15) is 0 Å². The fourth-order valence-electron chi connectivity index (χ4n) is 27.9. The molecule has 36 rings (SSSR count). The summed E-state index contributed by atoms with van der Waals surface area (Å²) in [4.78, 5) is 4.73. The number of anilines is 6. The second-order valence-corrected chi connectivity index (χ2v) is 41.1. The lowest BCUT2D eigenvalue weighted by Gasteiger charge is -2.35. The number of hydrogen-bond donors (Lipinski definition) is 0. The molecule has 150 heavy (non-hydrogen) atoms. The molecule has 7 aromatic heterocycles. The first-order valence-electron chi connectivity index (χ1n) is 52.2. The molecule has 0 bridgehead atoms. The zero-order valence-corrected chi connectivity index (χ0v) is 81.3. The number of aromatic nitrogens is 7. The van der Waals surface area contributed by atoms with Crippen molar-refractivity contribution < 1.29 is 0 Å². The van der Waals surface area contributed by atoms with E-state index in [0.717, 1.165) is 34.1 Å². The molecule has 0 radical (unpaired) electrons. The van der Waals surface area contributed by atoms with Crippen LogP contribution in [-0.4, -0.2) is 52.1 Å². The Balaban J connectivity index is 0.0000000959. The van der Waals surface area contributed by atoms with Gasteiger partial charge in [0.2, 0.25) is 0 Å². The van der Waals surface area contributed by atoms with Crippen LogP contribution in [0, 0.1) is 0 Å². The van der Waals surface area contributed by atoms with Crippen molar-refractivity contribution in [3.05, 3.63) is 510 Å². The molecule has 6 aliphatic rings. The molecule has 0 unspecified atom stereocenters. The van der Waals surface area contributed by atoms with Crippen molar-refractivity contribution >= 4 is 256 Å². The van der Waals surface area contributed by atoms with E-state index in [1.54, 1.807) is 0 Å². The van der Waals surface area contributed by atoms with Crippen LogP contribution < -0.4 is 59.0 Å². The van der Waals surface area contributed by atoms with Gasteiger partial charge in [-0.2, -0.15) is 0 Å². The van der Waals surface area contributed by atoms with Gasteiger partial charge in [-0.25, -0.2) is 0 Å². The van der Waals surface area contributed by atoms with Crippen molar-refractivity contribution in [3.63, 3.8) is 0 Å². The minimum Gasteiger partial charge on any atom is -0.311 e. The molecule has 30 aromatic rings. The average Bonchev–Trinajstić information content (AvgIpc) is 1.50. The van der Waals surface area contributed by atoms with Gasteiger partial charge < -0.3 is 41.8 Å². The summed E-state index contributed by atoms with van der Waals surface area (Å²) in [6, 6.07) is 188. The lowest BCUT2D eigenvalue weighted by Crippen LogP contribution is -2.59. The fraction of sp³-hybridized carbons (Fsp3) is 0. The van der Waals surface area contributed by atoms with Gasteiger partial charge in [0.1, 0.15) is 0 Å². The summed E-state index contributed by atoms with van der Waals surface area (Å²) >= 11 is 0. The zero-order chi connectivity index (χ0) is 97.5.